The molecule has 0 atom stereocenters. The number of hydrogen-bond acceptors (Lipinski definition) is 3. The predicted octanol–water partition coefficient (Wildman–Crippen LogP) is 5.59. The lowest BCUT2D eigenvalue weighted by Crippen LogP contribution is -2.30. The highest BCUT2D eigenvalue weighted by atomic mass is 16.5. The lowest BCUT2D eigenvalue weighted by molar-refractivity contribution is -0.140. The fraction of sp³-hybridized carbons (Fsp3) is 0.520. The molecule has 0 fully saturated rings. The van der Waals surface area contributed by atoms with E-state index in [0.29, 0.717) is 12.1 Å². The highest BCUT2D eigenvalue weighted by molar-refractivity contribution is 6.17. The van der Waals surface area contributed by atoms with Gasteiger partial charge in [0.1, 0.15) is 5.57 Å². The summed E-state index contributed by atoms with van der Waals surface area (Å²) >= 11 is 0. The standard InChI is InChI=1S/C25H37NO3/c1-8-26-23(27)22(24(28)29-9-2)20(5)13-10-12-18(3)15-16-21-19(4)14-11-17-25(21,6)7/h10,12-13,15-16H,8-9,11,14,17H2,1-7H3,(H,26,27)/b13-10+,16-15+,18-12+,22-20+. The van der Waals surface area contributed by atoms with E-state index < -0.39 is 11.9 Å². The van der Waals surface area contributed by atoms with Crippen LogP contribution in [-0.2, 0) is 14.3 Å². The molecule has 0 aliphatic heterocycles. The van der Waals surface area contributed by atoms with E-state index in [1.165, 1.54) is 30.4 Å². The molecule has 0 unspecified atom stereocenters. The van der Waals surface area contributed by atoms with Gasteiger partial charge in [-0.3, -0.25) is 4.79 Å². The van der Waals surface area contributed by atoms with Crippen molar-refractivity contribution in [1.82, 2.24) is 5.32 Å². The fourth-order valence-corrected chi connectivity index (χ4v) is 3.59. The van der Waals surface area contributed by atoms with Crippen LogP contribution < -0.4 is 5.32 Å². The van der Waals surface area contributed by atoms with Crippen LogP contribution in [0.2, 0.25) is 0 Å². The van der Waals surface area contributed by atoms with Crippen molar-refractivity contribution < 1.29 is 14.3 Å². The number of carbonyl (C=O) groups excluding carboxylic acids is 2. The van der Waals surface area contributed by atoms with Gasteiger partial charge >= 0.3 is 5.97 Å². The highest BCUT2D eigenvalue weighted by Gasteiger charge is 2.26. The first-order valence-corrected chi connectivity index (χ1v) is 10.5. The van der Waals surface area contributed by atoms with Crippen molar-refractivity contribution in [2.24, 2.45) is 5.41 Å². The van der Waals surface area contributed by atoms with Crippen LogP contribution in [0.1, 0.15) is 67.7 Å². The average molecular weight is 400 g/mol. The number of esters is 1. The minimum absolute atomic E-state index is 0.0521. The van der Waals surface area contributed by atoms with Crippen molar-refractivity contribution in [2.45, 2.75) is 67.7 Å². The molecule has 0 bridgehead atoms. The van der Waals surface area contributed by atoms with E-state index in [4.69, 9.17) is 4.74 Å². The number of nitrogens with one attached hydrogen (secondary N) is 1. The first kappa shape index (κ1) is 24.7. The molecule has 1 N–H and O–H groups in total. The highest BCUT2D eigenvalue weighted by Crippen LogP contribution is 2.40. The average Bonchev–Trinajstić information content (AvgIpc) is 2.61. The molecule has 0 radical (unpaired) electrons. The van der Waals surface area contributed by atoms with E-state index >= 15 is 0 Å². The van der Waals surface area contributed by atoms with Crippen LogP contribution in [0.4, 0.5) is 0 Å². The Morgan fingerprint density at radius 3 is 2.45 bits per heavy atom. The number of hydrogen-bond donors (Lipinski definition) is 1. The molecule has 0 saturated carbocycles. The van der Waals surface area contributed by atoms with Crippen LogP contribution in [0, 0.1) is 5.41 Å². The van der Waals surface area contributed by atoms with Crippen LogP contribution in [0.25, 0.3) is 0 Å². The van der Waals surface area contributed by atoms with Gasteiger partial charge in [-0.1, -0.05) is 55.4 Å². The SMILES string of the molecule is CCNC(=O)\C(C(=O)OCC)=C(C)/C=C/C=C(C)/C=C/C1=C(C)CCCC1(C)C. The third kappa shape index (κ3) is 7.52. The summed E-state index contributed by atoms with van der Waals surface area (Å²) in [6.07, 6.45) is 13.6. The van der Waals surface area contributed by atoms with E-state index in [1.54, 1.807) is 19.9 Å². The van der Waals surface area contributed by atoms with Crippen molar-refractivity contribution in [3.8, 4) is 0 Å². The first-order valence-electron chi connectivity index (χ1n) is 10.5. The topological polar surface area (TPSA) is 55.4 Å². The summed E-state index contributed by atoms with van der Waals surface area (Å²) in [6.45, 7) is 14.9. The third-order valence-electron chi connectivity index (χ3n) is 5.20. The normalized spacial score (nSPS) is 18.2. The Kier molecular flexibility index (Phi) is 9.87. The van der Waals surface area contributed by atoms with Crippen LogP contribution in [-0.4, -0.2) is 25.0 Å². The van der Waals surface area contributed by atoms with Gasteiger partial charge in [0.15, 0.2) is 0 Å². The predicted molar refractivity (Wildman–Crippen MR) is 120 cm³/mol. The van der Waals surface area contributed by atoms with Gasteiger partial charge in [0, 0.05) is 6.54 Å². The number of rotatable bonds is 8. The maximum Gasteiger partial charge on any atom is 0.344 e. The number of allylic oxidation sites excluding steroid dienone is 9. The smallest absolute Gasteiger partial charge is 0.344 e. The Balaban J connectivity index is 3.01. The second kappa shape index (κ2) is 11.6. The van der Waals surface area contributed by atoms with Crippen molar-refractivity contribution >= 4 is 11.9 Å². The lowest BCUT2D eigenvalue weighted by atomic mass is 9.72. The van der Waals surface area contributed by atoms with E-state index in [1.807, 2.05) is 26.0 Å². The van der Waals surface area contributed by atoms with Gasteiger partial charge in [-0.2, -0.15) is 0 Å². The molecule has 4 nitrogen and oxygen atoms in total. The molecule has 0 heterocycles. The first-order chi connectivity index (χ1) is 13.6. The summed E-state index contributed by atoms with van der Waals surface area (Å²) in [7, 11) is 0. The Bertz CT molecular complexity index is 741. The summed E-state index contributed by atoms with van der Waals surface area (Å²) in [5.41, 5.74) is 4.85. The molecule has 0 aromatic rings. The van der Waals surface area contributed by atoms with Gasteiger partial charge in [0.05, 0.1) is 6.61 Å². The zero-order chi connectivity index (χ0) is 22.0. The zero-order valence-electron chi connectivity index (χ0n) is 19.1. The Morgan fingerprint density at radius 2 is 1.86 bits per heavy atom. The molecule has 0 saturated heterocycles. The van der Waals surface area contributed by atoms with Crippen LogP contribution >= 0.6 is 0 Å². The van der Waals surface area contributed by atoms with Crippen molar-refractivity contribution in [1.29, 1.82) is 0 Å². The minimum Gasteiger partial charge on any atom is -0.462 e. The summed E-state index contributed by atoms with van der Waals surface area (Å²) in [5.74, 6) is -1.00. The molecule has 0 aromatic carbocycles. The zero-order valence-corrected chi connectivity index (χ0v) is 19.1. The van der Waals surface area contributed by atoms with Gasteiger partial charge in [-0.05, 0) is 70.4 Å². The van der Waals surface area contributed by atoms with Gasteiger partial charge < -0.3 is 10.1 Å². The third-order valence-corrected chi connectivity index (χ3v) is 5.20. The van der Waals surface area contributed by atoms with E-state index in [2.05, 4.69) is 38.2 Å². The summed E-state index contributed by atoms with van der Waals surface area (Å²) in [6, 6.07) is 0. The summed E-state index contributed by atoms with van der Waals surface area (Å²) in [5, 5.41) is 2.67. The molecule has 1 rings (SSSR count). The van der Waals surface area contributed by atoms with Gasteiger partial charge in [-0.15, -0.1) is 0 Å². The summed E-state index contributed by atoms with van der Waals surface area (Å²) < 4.78 is 5.03. The van der Waals surface area contributed by atoms with Crippen LogP contribution in [0.3, 0.4) is 0 Å². The molecular formula is C25H37NO3. The van der Waals surface area contributed by atoms with Crippen LogP contribution in [0.15, 0.2) is 58.2 Å². The monoisotopic (exact) mass is 399 g/mol. The summed E-state index contributed by atoms with van der Waals surface area (Å²) in [4.78, 5) is 24.4. The number of amides is 1. The quantitative estimate of drug-likeness (QED) is 0.190. The van der Waals surface area contributed by atoms with Gasteiger partial charge in [-0.25, -0.2) is 4.79 Å². The van der Waals surface area contributed by atoms with Crippen molar-refractivity contribution in [3.63, 3.8) is 0 Å². The van der Waals surface area contributed by atoms with Gasteiger partial charge in [0.2, 0.25) is 0 Å². The van der Waals surface area contributed by atoms with Crippen LogP contribution in [0.5, 0.6) is 0 Å². The fourth-order valence-electron chi connectivity index (χ4n) is 3.59. The second-order valence-electron chi connectivity index (χ2n) is 8.17. The Hall–Kier alpha value is -2.36. The largest absolute Gasteiger partial charge is 0.462 e. The van der Waals surface area contributed by atoms with E-state index in [0.717, 1.165) is 5.57 Å². The second-order valence-corrected chi connectivity index (χ2v) is 8.17. The van der Waals surface area contributed by atoms with E-state index in [-0.39, 0.29) is 17.6 Å². The molecule has 29 heavy (non-hydrogen) atoms. The molecule has 1 aliphatic carbocycles. The molecule has 4 heteroatoms. The minimum atomic E-state index is -0.594. The lowest BCUT2D eigenvalue weighted by Gasteiger charge is -2.32. The molecular weight excluding hydrogens is 362 g/mol. The van der Waals surface area contributed by atoms with Crippen molar-refractivity contribution in [3.05, 3.63) is 58.2 Å². The number of carbonyl (C=O) groups is 2. The Labute approximate surface area is 176 Å². The Morgan fingerprint density at radius 1 is 1.17 bits per heavy atom. The van der Waals surface area contributed by atoms with Crippen molar-refractivity contribution in [2.75, 3.05) is 13.2 Å². The maximum atomic E-state index is 12.2. The van der Waals surface area contributed by atoms with Gasteiger partial charge in [0.25, 0.3) is 5.91 Å². The number of likely N-dealkylation sites (N-methyl/N-ethyl adjacent to an activating group) is 1. The molecule has 1 aliphatic rings. The molecule has 0 spiro atoms. The molecule has 0 aromatic heterocycles. The molecule has 160 valence electrons. The maximum absolute atomic E-state index is 12.2. The molecule has 1 amide bonds. The number of ether oxygens (including phenoxy) is 1. The van der Waals surface area contributed by atoms with E-state index in [9.17, 15) is 9.59 Å².